The van der Waals surface area contributed by atoms with E-state index >= 15 is 0 Å². The number of nitrogens with one attached hydrogen (secondary N) is 1. The third-order valence-corrected chi connectivity index (χ3v) is 4.92. The lowest BCUT2D eigenvalue weighted by molar-refractivity contribution is 0.0488. The summed E-state index contributed by atoms with van der Waals surface area (Å²) >= 11 is 5.29. The van der Waals surface area contributed by atoms with E-state index in [1.54, 1.807) is 23.2 Å². The van der Waals surface area contributed by atoms with E-state index in [1.165, 1.54) is 17.1 Å². The molecule has 1 N–H and O–H groups in total. The van der Waals surface area contributed by atoms with Crippen LogP contribution in [0, 0.1) is 0 Å². The van der Waals surface area contributed by atoms with Crippen LogP contribution in [0.4, 0.5) is 0 Å². The highest BCUT2D eigenvalue weighted by Crippen LogP contribution is 2.21. The maximum absolute atomic E-state index is 12.8. The average Bonchev–Trinajstić information content (AvgIpc) is 3.00. The van der Waals surface area contributed by atoms with Crippen LogP contribution in [0.1, 0.15) is 16.8 Å². The SMILES string of the molecule is C=CCNC(=S)N1CCCN1C(=O)c1ccccc1S(C)(=O)=O. The summed E-state index contributed by atoms with van der Waals surface area (Å²) in [6.07, 6.45) is 3.54. The number of carbonyl (C=O) groups is 1. The molecule has 2 rings (SSSR count). The number of benzene rings is 1. The van der Waals surface area contributed by atoms with Gasteiger partial charge in [-0.2, -0.15) is 0 Å². The molecule has 0 unspecified atom stereocenters. The van der Waals surface area contributed by atoms with Crippen molar-refractivity contribution in [3.63, 3.8) is 0 Å². The smallest absolute Gasteiger partial charge is 0.273 e. The molecule has 0 atom stereocenters. The minimum Gasteiger partial charge on any atom is -0.358 e. The molecule has 8 heteroatoms. The lowest BCUT2D eigenvalue weighted by atomic mass is 10.2. The predicted molar refractivity (Wildman–Crippen MR) is 92.7 cm³/mol. The summed E-state index contributed by atoms with van der Waals surface area (Å²) in [6, 6.07) is 6.22. The quantitative estimate of drug-likeness (QED) is 0.648. The Balaban J connectivity index is 2.30. The van der Waals surface area contributed by atoms with Gasteiger partial charge in [-0.05, 0) is 30.8 Å². The molecule has 1 fully saturated rings. The zero-order chi connectivity index (χ0) is 17.0. The van der Waals surface area contributed by atoms with E-state index in [2.05, 4.69) is 11.9 Å². The van der Waals surface area contributed by atoms with Crippen molar-refractivity contribution in [1.82, 2.24) is 15.3 Å². The molecule has 1 aromatic rings. The number of nitrogens with zero attached hydrogens (tertiary/aromatic N) is 2. The molecule has 0 saturated carbocycles. The first kappa shape index (κ1) is 17.4. The van der Waals surface area contributed by atoms with Gasteiger partial charge in [-0.15, -0.1) is 6.58 Å². The van der Waals surface area contributed by atoms with E-state index in [-0.39, 0.29) is 16.4 Å². The second kappa shape index (κ2) is 7.10. The Bertz CT molecular complexity index is 731. The molecule has 0 aliphatic carbocycles. The lowest BCUT2D eigenvalue weighted by Gasteiger charge is -2.30. The van der Waals surface area contributed by atoms with E-state index in [0.717, 1.165) is 12.7 Å². The van der Waals surface area contributed by atoms with Gasteiger partial charge in [0.15, 0.2) is 14.9 Å². The van der Waals surface area contributed by atoms with Crippen LogP contribution in [-0.2, 0) is 9.84 Å². The lowest BCUT2D eigenvalue weighted by Crippen LogP contribution is -2.49. The second-order valence-electron chi connectivity index (χ2n) is 5.15. The van der Waals surface area contributed by atoms with Crippen molar-refractivity contribution in [2.24, 2.45) is 0 Å². The standard InChI is InChI=1S/C15H19N3O3S2/c1-3-9-16-15(22)18-11-6-10-17(18)14(19)12-7-4-5-8-13(12)23(2,20)21/h3-5,7-8H,1,6,9-11H2,2H3,(H,16,22). The van der Waals surface area contributed by atoms with Crippen molar-refractivity contribution < 1.29 is 13.2 Å². The maximum Gasteiger partial charge on any atom is 0.273 e. The number of hydrazine groups is 1. The van der Waals surface area contributed by atoms with Gasteiger partial charge < -0.3 is 5.32 Å². The second-order valence-corrected chi connectivity index (χ2v) is 7.52. The summed E-state index contributed by atoms with van der Waals surface area (Å²) in [4.78, 5) is 12.8. The van der Waals surface area contributed by atoms with E-state index in [9.17, 15) is 13.2 Å². The topological polar surface area (TPSA) is 69.7 Å². The van der Waals surface area contributed by atoms with E-state index in [0.29, 0.717) is 24.7 Å². The minimum atomic E-state index is -3.49. The molecule has 0 spiro atoms. The highest BCUT2D eigenvalue weighted by molar-refractivity contribution is 7.90. The first-order valence-corrected chi connectivity index (χ1v) is 9.43. The zero-order valence-electron chi connectivity index (χ0n) is 12.9. The molecular weight excluding hydrogens is 334 g/mol. The normalized spacial score (nSPS) is 14.7. The van der Waals surface area contributed by atoms with Crippen molar-refractivity contribution in [3.05, 3.63) is 42.5 Å². The number of thiocarbonyl (C=S) groups is 1. The van der Waals surface area contributed by atoms with Crippen LogP contribution in [0.25, 0.3) is 0 Å². The molecule has 0 bridgehead atoms. The Labute approximate surface area is 141 Å². The van der Waals surface area contributed by atoms with E-state index in [4.69, 9.17) is 12.2 Å². The molecule has 1 saturated heterocycles. The third kappa shape index (κ3) is 3.89. The van der Waals surface area contributed by atoms with Gasteiger partial charge in [0.2, 0.25) is 0 Å². The predicted octanol–water partition coefficient (Wildman–Crippen LogP) is 1.21. The monoisotopic (exact) mass is 353 g/mol. The van der Waals surface area contributed by atoms with Gasteiger partial charge in [0.05, 0.1) is 10.5 Å². The van der Waals surface area contributed by atoms with Crippen LogP contribution in [0.15, 0.2) is 41.8 Å². The van der Waals surface area contributed by atoms with Crippen molar-refractivity contribution in [3.8, 4) is 0 Å². The van der Waals surface area contributed by atoms with Crippen molar-refractivity contribution >= 4 is 33.1 Å². The van der Waals surface area contributed by atoms with Gasteiger partial charge in [-0.1, -0.05) is 18.2 Å². The Morgan fingerprint density at radius 3 is 2.65 bits per heavy atom. The fraction of sp³-hybridized carbons (Fsp3) is 0.333. The van der Waals surface area contributed by atoms with Crippen LogP contribution in [0.2, 0.25) is 0 Å². The van der Waals surface area contributed by atoms with Gasteiger partial charge in [0.1, 0.15) is 0 Å². The molecule has 1 amide bonds. The Hall–Kier alpha value is -1.93. The third-order valence-electron chi connectivity index (χ3n) is 3.41. The van der Waals surface area contributed by atoms with Crippen molar-refractivity contribution in [2.45, 2.75) is 11.3 Å². The van der Waals surface area contributed by atoms with E-state index < -0.39 is 9.84 Å². The van der Waals surface area contributed by atoms with Crippen LogP contribution >= 0.6 is 12.2 Å². The molecule has 1 aliphatic rings. The highest BCUT2D eigenvalue weighted by atomic mass is 32.2. The largest absolute Gasteiger partial charge is 0.358 e. The first-order valence-electron chi connectivity index (χ1n) is 7.13. The number of hydrogen-bond acceptors (Lipinski definition) is 4. The van der Waals surface area contributed by atoms with Gasteiger partial charge in [-0.25, -0.2) is 13.4 Å². The maximum atomic E-state index is 12.8. The molecule has 1 aromatic carbocycles. The molecule has 0 radical (unpaired) electrons. The molecule has 1 aliphatic heterocycles. The highest BCUT2D eigenvalue weighted by Gasteiger charge is 2.31. The fourth-order valence-corrected chi connectivity index (χ4v) is 3.54. The van der Waals surface area contributed by atoms with Gasteiger partial charge in [-0.3, -0.25) is 9.80 Å². The zero-order valence-corrected chi connectivity index (χ0v) is 14.5. The average molecular weight is 353 g/mol. The number of carbonyl (C=O) groups excluding carboxylic acids is 1. The number of amides is 1. The van der Waals surface area contributed by atoms with Gasteiger partial charge in [0.25, 0.3) is 5.91 Å². The summed E-state index contributed by atoms with van der Waals surface area (Å²) in [6.45, 7) is 5.21. The first-order chi connectivity index (χ1) is 10.9. The number of rotatable bonds is 4. The summed E-state index contributed by atoms with van der Waals surface area (Å²) in [7, 11) is -3.49. The summed E-state index contributed by atoms with van der Waals surface area (Å²) in [5.74, 6) is -0.369. The van der Waals surface area contributed by atoms with Crippen molar-refractivity contribution in [1.29, 1.82) is 0 Å². The van der Waals surface area contributed by atoms with E-state index in [1.807, 2.05) is 0 Å². The molecule has 23 heavy (non-hydrogen) atoms. The molecular formula is C15H19N3O3S2. The van der Waals surface area contributed by atoms with Gasteiger partial charge in [0, 0.05) is 25.9 Å². The van der Waals surface area contributed by atoms with Crippen LogP contribution in [0.5, 0.6) is 0 Å². The van der Waals surface area contributed by atoms with Crippen LogP contribution < -0.4 is 5.32 Å². The number of hydrogen-bond donors (Lipinski definition) is 1. The summed E-state index contributed by atoms with van der Waals surface area (Å²) in [5, 5.41) is 6.56. The fourth-order valence-electron chi connectivity index (χ4n) is 2.39. The molecule has 0 aromatic heterocycles. The van der Waals surface area contributed by atoms with Gasteiger partial charge >= 0.3 is 0 Å². The summed E-state index contributed by atoms with van der Waals surface area (Å²) < 4.78 is 23.8. The Morgan fingerprint density at radius 1 is 1.35 bits per heavy atom. The summed E-state index contributed by atoms with van der Waals surface area (Å²) in [5.41, 5.74) is 0.161. The van der Waals surface area contributed by atoms with Crippen LogP contribution in [-0.4, -0.2) is 55.3 Å². The molecule has 1 heterocycles. The number of sulfone groups is 1. The molecule has 124 valence electrons. The molecule has 6 nitrogen and oxygen atoms in total. The Kier molecular flexibility index (Phi) is 5.38. The van der Waals surface area contributed by atoms with Crippen molar-refractivity contribution in [2.75, 3.05) is 25.9 Å². The van der Waals surface area contributed by atoms with Crippen LogP contribution in [0.3, 0.4) is 0 Å². The minimum absolute atomic E-state index is 0.0295. The Morgan fingerprint density at radius 2 is 2.00 bits per heavy atom.